The highest BCUT2D eigenvalue weighted by Gasteiger charge is 2.05. The highest BCUT2D eigenvalue weighted by atomic mass is 127. The minimum absolute atomic E-state index is 0.0564. The number of H-pyrrole nitrogens is 1. The zero-order valence-corrected chi connectivity index (χ0v) is 12.6. The van der Waals surface area contributed by atoms with Crippen molar-refractivity contribution in [3.63, 3.8) is 0 Å². The summed E-state index contributed by atoms with van der Waals surface area (Å²) in [5.41, 5.74) is 4.04. The molecule has 94 valence electrons. The second-order valence-corrected chi connectivity index (χ2v) is 5.86. The summed E-state index contributed by atoms with van der Waals surface area (Å²) in [5.74, 6) is 0. The molecule has 3 aromatic rings. The molecule has 0 atom stereocenters. The Bertz CT molecular complexity index is 800. The van der Waals surface area contributed by atoms with Crippen LogP contribution in [0.2, 0.25) is 0 Å². The van der Waals surface area contributed by atoms with Crippen molar-refractivity contribution in [3.05, 3.63) is 67.9 Å². The number of hydrogen-bond donors (Lipinski definition) is 1. The maximum Gasteiger partial charge on any atom is 0.190 e. The summed E-state index contributed by atoms with van der Waals surface area (Å²) < 4.78 is 1.17. The molecule has 0 spiro atoms. The van der Waals surface area contributed by atoms with Crippen LogP contribution in [0.3, 0.4) is 0 Å². The molecule has 3 heteroatoms. The van der Waals surface area contributed by atoms with E-state index in [2.05, 4.69) is 52.7 Å². The van der Waals surface area contributed by atoms with Gasteiger partial charge < -0.3 is 4.98 Å². The normalized spacial score (nSPS) is 10.8. The van der Waals surface area contributed by atoms with Gasteiger partial charge in [-0.15, -0.1) is 0 Å². The molecular weight excluding hydrogens is 349 g/mol. The van der Waals surface area contributed by atoms with Crippen molar-refractivity contribution in [1.29, 1.82) is 0 Å². The molecule has 0 radical (unpaired) electrons. The highest BCUT2D eigenvalue weighted by Crippen LogP contribution is 2.22. The van der Waals surface area contributed by atoms with Crippen molar-refractivity contribution in [2.45, 2.75) is 6.92 Å². The quantitative estimate of drug-likeness (QED) is 0.651. The topological polar surface area (TPSA) is 32.9 Å². The molecule has 2 nitrogen and oxygen atoms in total. The lowest BCUT2D eigenvalue weighted by molar-refractivity contribution is 1.36. The van der Waals surface area contributed by atoms with E-state index in [-0.39, 0.29) is 5.43 Å². The summed E-state index contributed by atoms with van der Waals surface area (Å²) in [6.07, 6.45) is 0. The number of rotatable bonds is 1. The number of benzene rings is 2. The van der Waals surface area contributed by atoms with Gasteiger partial charge in [0.15, 0.2) is 5.43 Å². The van der Waals surface area contributed by atoms with Crippen molar-refractivity contribution in [2.24, 2.45) is 0 Å². The lowest BCUT2D eigenvalue weighted by Crippen LogP contribution is -2.02. The van der Waals surface area contributed by atoms with Crippen LogP contribution in [0.25, 0.3) is 22.2 Å². The van der Waals surface area contributed by atoms with E-state index < -0.39 is 0 Å². The third-order valence-electron chi connectivity index (χ3n) is 3.09. The van der Waals surface area contributed by atoms with Gasteiger partial charge in [0.25, 0.3) is 0 Å². The van der Waals surface area contributed by atoms with Gasteiger partial charge in [0.1, 0.15) is 0 Å². The molecule has 0 aliphatic rings. The molecule has 0 bridgehead atoms. The molecule has 0 saturated heterocycles. The van der Waals surface area contributed by atoms with E-state index in [0.717, 1.165) is 22.2 Å². The Hall–Kier alpha value is -1.62. The Morgan fingerprint density at radius 1 is 1.05 bits per heavy atom. The standard InChI is InChI=1S/C16H12INO/c1-10-6-11(8-12(17)7-10)15-9-16(19)13-4-2-3-5-14(13)18-15/h2-9H,1H3,(H,18,19). The molecular formula is C16H12INO. The molecule has 1 N–H and O–H groups in total. The van der Waals surface area contributed by atoms with Crippen LogP contribution < -0.4 is 5.43 Å². The largest absolute Gasteiger partial charge is 0.354 e. The molecule has 0 aliphatic carbocycles. The average Bonchev–Trinajstić information content (AvgIpc) is 2.37. The van der Waals surface area contributed by atoms with Crippen molar-refractivity contribution < 1.29 is 0 Å². The van der Waals surface area contributed by atoms with E-state index in [9.17, 15) is 4.79 Å². The molecule has 0 amide bonds. The fourth-order valence-electron chi connectivity index (χ4n) is 2.24. The summed E-state index contributed by atoms with van der Waals surface area (Å²) >= 11 is 2.29. The van der Waals surface area contributed by atoms with Crippen molar-refractivity contribution in [3.8, 4) is 11.3 Å². The lowest BCUT2D eigenvalue weighted by Gasteiger charge is -2.06. The first kappa shape index (κ1) is 12.4. The summed E-state index contributed by atoms with van der Waals surface area (Å²) in [6.45, 7) is 2.06. The maximum atomic E-state index is 12.1. The van der Waals surface area contributed by atoms with Gasteiger partial charge in [-0.1, -0.05) is 12.1 Å². The number of halogens is 1. The number of aromatic nitrogens is 1. The van der Waals surface area contributed by atoms with Crippen LogP contribution in [0.5, 0.6) is 0 Å². The summed E-state index contributed by atoms with van der Waals surface area (Å²) in [4.78, 5) is 15.5. The van der Waals surface area contributed by atoms with Gasteiger partial charge >= 0.3 is 0 Å². The first-order valence-corrected chi connectivity index (χ1v) is 7.11. The monoisotopic (exact) mass is 361 g/mol. The fraction of sp³-hybridized carbons (Fsp3) is 0.0625. The molecule has 0 unspecified atom stereocenters. The SMILES string of the molecule is Cc1cc(I)cc(-c2cc(=O)c3ccccc3[nH]2)c1. The van der Waals surface area contributed by atoms with Crippen LogP contribution in [0.15, 0.2) is 53.3 Å². The maximum absolute atomic E-state index is 12.1. The van der Waals surface area contributed by atoms with E-state index in [0.29, 0.717) is 0 Å². The fourth-order valence-corrected chi connectivity index (χ4v) is 3.07. The number of para-hydroxylation sites is 1. The molecule has 0 fully saturated rings. The number of hydrogen-bond acceptors (Lipinski definition) is 1. The van der Waals surface area contributed by atoms with E-state index in [1.165, 1.54) is 9.13 Å². The van der Waals surface area contributed by atoms with Gasteiger partial charge in [0, 0.05) is 26.2 Å². The Balaban J connectivity index is 2.28. The first-order chi connectivity index (χ1) is 9.13. The predicted molar refractivity (Wildman–Crippen MR) is 87.5 cm³/mol. The summed E-state index contributed by atoms with van der Waals surface area (Å²) in [7, 11) is 0. The molecule has 1 aromatic heterocycles. The Kier molecular flexibility index (Phi) is 3.14. The van der Waals surface area contributed by atoms with E-state index in [1.807, 2.05) is 24.3 Å². The Morgan fingerprint density at radius 2 is 1.84 bits per heavy atom. The Morgan fingerprint density at radius 3 is 2.63 bits per heavy atom. The van der Waals surface area contributed by atoms with Crippen LogP contribution in [-0.4, -0.2) is 4.98 Å². The summed E-state index contributed by atoms with van der Waals surface area (Å²) in [5, 5.41) is 0.730. The van der Waals surface area contributed by atoms with Crippen molar-refractivity contribution in [2.75, 3.05) is 0 Å². The number of pyridine rings is 1. The van der Waals surface area contributed by atoms with Crippen LogP contribution in [0.4, 0.5) is 0 Å². The van der Waals surface area contributed by atoms with Gasteiger partial charge in [-0.2, -0.15) is 0 Å². The van der Waals surface area contributed by atoms with Crippen LogP contribution in [-0.2, 0) is 0 Å². The lowest BCUT2D eigenvalue weighted by atomic mass is 10.1. The van der Waals surface area contributed by atoms with Gasteiger partial charge in [0.2, 0.25) is 0 Å². The van der Waals surface area contributed by atoms with E-state index in [1.54, 1.807) is 6.07 Å². The third-order valence-corrected chi connectivity index (χ3v) is 3.71. The number of nitrogens with one attached hydrogen (secondary N) is 1. The van der Waals surface area contributed by atoms with Crippen LogP contribution >= 0.6 is 22.6 Å². The minimum Gasteiger partial charge on any atom is -0.354 e. The highest BCUT2D eigenvalue weighted by molar-refractivity contribution is 14.1. The minimum atomic E-state index is 0.0564. The molecule has 3 rings (SSSR count). The van der Waals surface area contributed by atoms with Gasteiger partial charge in [-0.05, 0) is 71.0 Å². The second-order valence-electron chi connectivity index (χ2n) is 4.61. The molecule has 0 saturated carbocycles. The van der Waals surface area contributed by atoms with Gasteiger partial charge in [-0.3, -0.25) is 4.79 Å². The zero-order valence-electron chi connectivity index (χ0n) is 10.4. The predicted octanol–water partition coefficient (Wildman–Crippen LogP) is 4.11. The third kappa shape index (κ3) is 2.42. The van der Waals surface area contributed by atoms with Crippen LogP contribution in [0.1, 0.15) is 5.56 Å². The second kappa shape index (κ2) is 4.81. The van der Waals surface area contributed by atoms with Crippen molar-refractivity contribution in [1.82, 2.24) is 4.98 Å². The number of aromatic amines is 1. The van der Waals surface area contributed by atoms with E-state index >= 15 is 0 Å². The number of aryl methyl sites for hydroxylation is 1. The molecule has 19 heavy (non-hydrogen) atoms. The smallest absolute Gasteiger partial charge is 0.190 e. The average molecular weight is 361 g/mol. The van der Waals surface area contributed by atoms with Gasteiger partial charge in [0.05, 0.1) is 0 Å². The molecule has 0 aliphatic heterocycles. The first-order valence-electron chi connectivity index (χ1n) is 6.03. The van der Waals surface area contributed by atoms with Gasteiger partial charge in [-0.25, -0.2) is 0 Å². The summed E-state index contributed by atoms with van der Waals surface area (Å²) in [6, 6.07) is 15.5. The zero-order chi connectivity index (χ0) is 13.4. The van der Waals surface area contributed by atoms with Crippen molar-refractivity contribution >= 4 is 33.5 Å². The molecule has 2 aromatic carbocycles. The Labute approximate surface area is 124 Å². The molecule has 1 heterocycles. The van der Waals surface area contributed by atoms with Crippen LogP contribution in [0, 0.1) is 10.5 Å². The number of fused-ring (bicyclic) bond motifs is 1. The van der Waals surface area contributed by atoms with E-state index in [4.69, 9.17) is 0 Å².